The third-order valence-electron chi connectivity index (χ3n) is 3.31. The summed E-state index contributed by atoms with van der Waals surface area (Å²) in [6.45, 7) is 7.55. The lowest BCUT2D eigenvalue weighted by Crippen LogP contribution is -2.27. The maximum Gasteiger partial charge on any atom is 0.412 e. The van der Waals surface area contributed by atoms with Gasteiger partial charge in [-0.3, -0.25) is 10.00 Å². The summed E-state index contributed by atoms with van der Waals surface area (Å²) in [4.78, 5) is 12.0. The molecular formula is C16H23N3O4S. The number of carbonyl (C=O) groups excluding carboxylic acids is 1. The Kier molecular flexibility index (Phi) is 4.89. The van der Waals surface area contributed by atoms with E-state index in [9.17, 15) is 13.2 Å². The van der Waals surface area contributed by atoms with Gasteiger partial charge < -0.3 is 4.74 Å². The number of hydrogen-bond acceptors (Lipinski definition) is 5. The minimum Gasteiger partial charge on any atom is -0.444 e. The van der Waals surface area contributed by atoms with Crippen LogP contribution in [0.15, 0.2) is 18.3 Å². The van der Waals surface area contributed by atoms with Crippen LogP contribution in [0.2, 0.25) is 0 Å². The molecule has 7 nitrogen and oxygen atoms in total. The van der Waals surface area contributed by atoms with Gasteiger partial charge in [0, 0.05) is 11.6 Å². The van der Waals surface area contributed by atoms with Crippen LogP contribution in [0.25, 0.3) is 10.9 Å². The Morgan fingerprint density at radius 3 is 2.58 bits per heavy atom. The highest BCUT2D eigenvalue weighted by atomic mass is 32.2. The molecule has 0 saturated heterocycles. The monoisotopic (exact) mass is 353 g/mol. The van der Waals surface area contributed by atoms with E-state index in [0.717, 1.165) is 16.5 Å². The quantitative estimate of drug-likeness (QED) is 0.913. The number of rotatable bonds is 4. The van der Waals surface area contributed by atoms with E-state index >= 15 is 0 Å². The van der Waals surface area contributed by atoms with Crippen molar-refractivity contribution in [2.45, 2.75) is 39.8 Å². The fourth-order valence-electron chi connectivity index (χ4n) is 2.32. The number of fused-ring (bicyclic) bond motifs is 1. The van der Waals surface area contributed by atoms with E-state index in [1.807, 2.05) is 13.0 Å². The van der Waals surface area contributed by atoms with Gasteiger partial charge in [-0.05, 0) is 39.3 Å². The molecule has 1 heterocycles. The Balaban J connectivity index is 2.32. The van der Waals surface area contributed by atoms with E-state index in [0.29, 0.717) is 5.69 Å². The highest BCUT2D eigenvalue weighted by Gasteiger charge is 2.18. The number of nitrogens with zero attached hydrogens (tertiary/aromatic N) is 2. The van der Waals surface area contributed by atoms with Crippen LogP contribution in [0.4, 0.5) is 10.5 Å². The number of amides is 1. The Bertz CT molecular complexity index is 863. The minimum absolute atomic E-state index is 0.00689. The lowest BCUT2D eigenvalue weighted by molar-refractivity contribution is 0.0636. The number of aromatic nitrogens is 2. The molecule has 0 saturated carbocycles. The van der Waals surface area contributed by atoms with Crippen LogP contribution >= 0.6 is 0 Å². The van der Waals surface area contributed by atoms with Crippen LogP contribution in [0, 0.1) is 6.92 Å². The number of aryl methyl sites for hydroxylation is 2. The van der Waals surface area contributed by atoms with Gasteiger partial charge in [-0.25, -0.2) is 13.2 Å². The third-order valence-corrected chi connectivity index (χ3v) is 4.24. The van der Waals surface area contributed by atoms with E-state index in [-0.39, 0.29) is 12.3 Å². The lowest BCUT2D eigenvalue weighted by atomic mass is 10.1. The van der Waals surface area contributed by atoms with Gasteiger partial charge in [-0.1, -0.05) is 6.07 Å². The predicted octanol–water partition coefficient (Wildman–Crippen LogP) is 2.74. The molecule has 0 radical (unpaired) electrons. The number of anilines is 1. The molecule has 132 valence electrons. The molecule has 2 rings (SSSR count). The van der Waals surface area contributed by atoms with Gasteiger partial charge in [0.25, 0.3) is 0 Å². The van der Waals surface area contributed by atoms with Crippen LogP contribution in [-0.4, -0.2) is 41.9 Å². The molecular weight excluding hydrogens is 330 g/mol. The second-order valence-corrected chi connectivity index (χ2v) is 9.08. The summed E-state index contributed by atoms with van der Waals surface area (Å²) in [7, 11) is -3.08. The Morgan fingerprint density at radius 1 is 1.33 bits per heavy atom. The molecule has 1 amide bonds. The van der Waals surface area contributed by atoms with E-state index in [1.165, 1.54) is 6.26 Å². The Morgan fingerprint density at radius 2 is 2.00 bits per heavy atom. The first kappa shape index (κ1) is 18.3. The molecule has 2 aromatic rings. The summed E-state index contributed by atoms with van der Waals surface area (Å²) in [5.41, 5.74) is 1.74. The molecule has 24 heavy (non-hydrogen) atoms. The summed E-state index contributed by atoms with van der Waals surface area (Å²) in [6, 6.07) is 3.64. The van der Waals surface area contributed by atoms with Crippen molar-refractivity contribution in [3.05, 3.63) is 23.9 Å². The van der Waals surface area contributed by atoms with Gasteiger partial charge in [-0.15, -0.1) is 0 Å². The van der Waals surface area contributed by atoms with Crippen molar-refractivity contribution in [1.82, 2.24) is 9.78 Å². The van der Waals surface area contributed by atoms with Gasteiger partial charge in [0.2, 0.25) is 0 Å². The summed E-state index contributed by atoms with van der Waals surface area (Å²) in [6.07, 6.45) is 2.27. The second-order valence-electron chi connectivity index (χ2n) is 6.82. The van der Waals surface area contributed by atoms with Gasteiger partial charge in [0.05, 0.1) is 29.7 Å². The molecule has 0 unspecified atom stereocenters. The highest BCUT2D eigenvalue weighted by molar-refractivity contribution is 7.90. The van der Waals surface area contributed by atoms with Crippen molar-refractivity contribution >= 4 is 32.5 Å². The van der Waals surface area contributed by atoms with Crippen molar-refractivity contribution in [3.8, 4) is 0 Å². The summed E-state index contributed by atoms with van der Waals surface area (Å²) in [5, 5.41) is 7.73. The van der Waals surface area contributed by atoms with Crippen LogP contribution in [-0.2, 0) is 21.1 Å². The Hall–Kier alpha value is -2.09. The minimum atomic E-state index is -3.08. The van der Waals surface area contributed by atoms with Crippen molar-refractivity contribution < 1.29 is 17.9 Å². The average molecular weight is 353 g/mol. The van der Waals surface area contributed by atoms with Gasteiger partial charge >= 0.3 is 6.09 Å². The predicted molar refractivity (Wildman–Crippen MR) is 94.0 cm³/mol. The maximum atomic E-state index is 12.0. The normalized spacial score (nSPS) is 12.4. The van der Waals surface area contributed by atoms with Crippen molar-refractivity contribution in [1.29, 1.82) is 0 Å². The van der Waals surface area contributed by atoms with Crippen LogP contribution in [0.1, 0.15) is 26.3 Å². The van der Waals surface area contributed by atoms with Crippen molar-refractivity contribution in [2.75, 3.05) is 17.3 Å². The van der Waals surface area contributed by atoms with E-state index < -0.39 is 21.5 Å². The third kappa shape index (κ3) is 4.70. The molecule has 8 heteroatoms. The first-order valence-electron chi connectivity index (χ1n) is 7.59. The first-order valence-corrected chi connectivity index (χ1v) is 9.65. The van der Waals surface area contributed by atoms with Gasteiger partial charge in [-0.2, -0.15) is 5.10 Å². The van der Waals surface area contributed by atoms with Gasteiger partial charge in [0.15, 0.2) is 0 Å². The molecule has 0 aliphatic heterocycles. The largest absolute Gasteiger partial charge is 0.444 e. The molecule has 1 aromatic carbocycles. The fourth-order valence-corrected chi connectivity index (χ4v) is 2.82. The van der Waals surface area contributed by atoms with Gasteiger partial charge in [0.1, 0.15) is 15.4 Å². The highest BCUT2D eigenvalue weighted by Crippen LogP contribution is 2.27. The molecule has 0 spiro atoms. The zero-order valence-corrected chi connectivity index (χ0v) is 15.4. The molecule has 0 fully saturated rings. The van der Waals surface area contributed by atoms with Crippen LogP contribution < -0.4 is 5.32 Å². The molecule has 1 aromatic heterocycles. The number of hydrogen-bond donors (Lipinski definition) is 1. The number of nitrogens with one attached hydrogen (secondary N) is 1. The second kappa shape index (κ2) is 6.43. The summed E-state index contributed by atoms with van der Waals surface area (Å²) in [5.74, 6) is 0.00689. The van der Waals surface area contributed by atoms with E-state index in [1.54, 1.807) is 37.7 Å². The standard InChI is InChI=1S/C16H23N3O4S/c1-11-6-7-13(18-15(20)23-16(2,3)4)12-10-17-19(14(11)12)8-9-24(5,21)22/h6-7,10H,8-9H2,1-5H3,(H,18,20). The number of sulfone groups is 1. The van der Waals surface area contributed by atoms with Crippen molar-refractivity contribution in [2.24, 2.45) is 0 Å². The zero-order chi connectivity index (χ0) is 18.1. The van der Waals surface area contributed by atoms with E-state index in [2.05, 4.69) is 10.4 Å². The molecule has 0 atom stereocenters. The lowest BCUT2D eigenvalue weighted by Gasteiger charge is -2.20. The number of carbonyl (C=O) groups is 1. The molecule has 0 bridgehead atoms. The first-order chi connectivity index (χ1) is 11.0. The molecule has 0 aliphatic carbocycles. The van der Waals surface area contributed by atoms with Crippen LogP contribution in [0.5, 0.6) is 0 Å². The fraction of sp³-hybridized carbons (Fsp3) is 0.500. The maximum absolute atomic E-state index is 12.0. The van der Waals surface area contributed by atoms with E-state index in [4.69, 9.17) is 4.74 Å². The van der Waals surface area contributed by atoms with Crippen molar-refractivity contribution in [3.63, 3.8) is 0 Å². The average Bonchev–Trinajstić information content (AvgIpc) is 2.82. The zero-order valence-electron chi connectivity index (χ0n) is 14.6. The number of benzene rings is 1. The summed E-state index contributed by atoms with van der Waals surface area (Å²) >= 11 is 0. The SMILES string of the molecule is Cc1ccc(NC(=O)OC(C)(C)C)c2cnn(CCS(C)(=O)=O)c12. The number of ether oxygens (including phenoxy) is 1. The summed E-state index contributed by atoms with van der Waals surface area (Å²) < 4.78 is 29.7. The van der Waals surface area contributed by atoms with Crippen LogP contribution in [0.3, 0.4) is 0 Å². The topological polar surface area (TPSA) is 90.3 Å². The Labute approximate surface area is 141 Å². The molecule has 1 N–H and O–H groups in total. The smallest absolute Gasteiger partial charge is 0.412 e. The molecule has 0 aliphatic rings.